The van der Waals surface area contributed by atoms with Crippen molar-refractivity contribution in [2.75, 3.05) is 5.32 Å². The van der Waals surface area contributed by atoms with Gasteiger partial charge in [-0.1, -0.05) is 48.9 Å². The Kier molecular flexibility index (Phi) is 9.07. The van der Waals surface area contributed by atoms with Crippen LogP contribution in [0.5, 0.6) is 0 Å². The summed E-state index contributed by atoms with van der Waals surface area (Å²) >= 11 is 5.90. The van der Waals surface area contributed by atoms with E-state index in [1.807, 2.05) is 44.2 Å². The van der Waals surface area contributed by atoms with Gasteiger partial charge in [-0.05, 0) is 74.2 Å². The molecule has 184 valence electrons. The summed E-state index contributed by atoms with van der Waals surface area (Å²) in [5.41, 5.74) is 1.52. The number of nitrogens with one attached hydrogen (secondary N) is 2. The van der Waals surface area contributed by atoms with Crippen LogP contribution in [0.2, 0.25) is 5.02 Å². The van der Waals surface area contributed by atoms with E-state index in [2.05, 4.69) is 10.6 Å². The first-order valence-corrected chi connectivity index (χ1v) is 13.4. The molecule has 35 heavy (non-hydrogen) atoms. The van der Waals surface area contributed by atoms with E-state index in [1.54, 1.807) is 0 Å². The van der Waals surface area contributed by atoms with Crippen LogP contribution in [0.25, 0.3) is 0 Å². The molecular weight excluding hydrogens is 484 g/mol. The van der Waals surface area contributed by atoms with Gasteiger partial charge >= 0.3 is 0 Å². The summed E-state index contributed by atoms with van der Waals surface area (Å²) in [6.07, 6.45) is 2.40. The van der Waals surface area contributed by atoms with Crippen LogP contribution in [0.4, 0.5) is 5.69 Å². The van der Waals surface area contributed by atoms with Crippen LogP contribution in [0.3, 0.4) is 0 Å². The molecular formula is C27H29ClN2O4S. The molecule has 8 heteroatoms. The standard InChI is InChI=1S/C27H29ClN2O4S/c1-3-7-26(31)30-24-18-21(27(32)29-19(2)10-11-20-8-5-4-6-9-20)12-17-25(24)35(33,34)23-15-13-22(28)14-16-23/h4-6,8-9,12-19H,3,7,10-11H2,1-2H3,(H,29,32)(H,30,31). The Hall–Kier alpha value is -3.16. The Labute approximate surface area is 211 Å². The highest BCUT2D eigenvalue weighted by Crippen LogP contribution is 2.30. The molecule has 2 amide bonds. The van der Waals surface area contributed by atoms with Gasteiger partial charge in [-0.25, -0.2) is 8.42 Å². The molecule has 0 aromatic heterocycles. The average molecular weight is 513 g/mol. The normalized spacial score (nSPS) is 12.1. The summed E-state index contributed by atoms with van der Waals surface area (Å²) in [4.78, 5) is 25.2. The maximum Gasteiger partial charge on any atom is 0.251 e. The minimum Gasteiger partial charge on any atom is -0.350 e. The Bertz CT molecular complexity index is 1280. The highest BCUT2D eigenvalue weighted by Gasteiger charge is 2.24. The van der Waals surface area contributed by atoms with Crippen LogP contribution < -0.4 is 10.6 Å². The summed E-state index contributed by atoms with van der Waals surface area (Å²) in [5, 5.41) is 6.03. The van der Waals surface area contributed by atoms with Crippen LogP contribution in [0, 0.1) is 0 Å². The number of benzene rings is 3. The highest BCUT2D eigenvalue weighted by atomic mass is 35.5. The van der Waals surface area contributed by atoms with Crippen molar-refractivity contribution in [1.82, 2.24) is 5.32 Å². The zero-order valence-electron chi connectivity index (χ0n) is 19.8. The third kappa shape index (κ3) is 7.16. The van der Waals surface area contributed by atoms with Gasteiger partial charge in [-0.3, -0.25) is 9.59 Å². The number of anilines is 1. The monoisotopic (exact) mass is 512 g/mol. The molecule has 0 bridgehead atoms. The van der Waals surface area contributed by atoms with Gasteiger partial charge in [0.2, 0.25) is 15.7 Å². The second-order valence-corrected chi connectivity index (χ2v) is 10.7. The second-order valence-electron chi connectivity index (χ2n) is 8.37. The Morgan fingerprint density at radius 1 is 0.971 bits per heavy atom. The third-order valence-electron chi connectivity index (χ3n) is 5.49. The first kappa shape index (κ1) is 26.4. The molecule has 0 radical (unpaired) electrons. The van der Waals surface area contributed by atoms with E-state index in [1.165, 1.54) is 48.0 Å². The number of halogens is 1. The molecule has 0 spiro atoms. The summed E-state index contributed by atoms with van der Waals surface area (Å²) in [5.74, 6) is -0.666. The second kappa shape index (κ2) is 12.0. The smallest absolute Gasteiger partial charge is 0.251 e. The van der Waals surface area contributed by atoms with Crippen molar-refractivity contribution in [2.24, 2.45) is 0 Å². The van der Waals surface area contributed by atoms with E-state index >= 15 is 0 Å². The molecule has 1 unspecified atom stereocenters. The number of rotatable bonds is 10. The predicted octanol–water partition coefficient (Wildman–Crippen LogP) is 5.66. The van der Waals surface area contributed by atoms with Crippen molar-refractivity contribution in [1.29, 1.82) is 0 Å². The lowest BCUT2D eigenvalue weighted by atomic mass is 10.1. The number of sulfone groups is 1. The van der Waals surface area contributed by atoms with Crippen LogP contribution in [-0.2, 0) is 21.1 Å². The summed E-state index contributed by atoms with van der Waals surface area (Å²) in [7, 11) is -3.96. The molecule has 3 aromatic carbocycles. The fraction of sp³-hybridized carbons (Fsp3) is 0.259. The molecule has 0 aliphatic carbocycles. The molecule has 2 N–H and O–H groups in total. The molecule has 0 aliphatic rings. The van der Waals surface area contributed by atoms with Crippen LogP contribution >= 0.6 is 11.6 Å². The molecule has 0 saturated carbocycles. The molecule has 0 aliphatic heterocycles. The maximum absolute atomic E-state index is 13.3. The van der Waals surface area contributed by atoms with Gasteiger partial charge in [0, 0.05) is 23.0 Å². The van der Waals surface area contributed by atoms with E-state index in [0.29, 0.717) is 11.4 Å². The number of carbonyl (C=O) groups excluding carboxylic acids is 2. The Morgan fingerprint density at radius 2 is 1.66 bits per heavy atom. The number of hydrogen-bond acceptors (Lipinski definition) is 4. The minimum atomic E-state index is -3.96. The molecule has 0 fully saturated rings. The first-order chi connectivity index (χ1) is 16.7. The largest absolute Gasteiger partial charge is 0.350 e. The highest BCUT2D eigenvalue weighted by molar-refractivity contribution is 7.91. The van der Waals surface area contributed by atoms with Gasteiger partial charge in [0.05, 0.1) is 15.5 Å². The van der Waals surface area contributed by atoms with Crippen molar-refractivity contribution in [3.63, 3.8) is 0 Å². The molecule has 6 nitrogen and oxygen atoms in total. The van der Waals surface area contributed by atoms with Crippen molar-refractivity contribution in [3.8, 4) is 0 Å². The Morgan fingerprint density at radius 3 is 2.31 bits per heavy atom. The fourth-order valence-corrected chi connectivity index (χ4v) is 5.11. The molecule has 0 saturated heterocycles. The topological polar surface area (TPSA) is 92.3 Å². The summed E-state index contributed by atoms with van der Waals surface area (Å²) < 4.78 is 26.6. The maximum atomic E-state index is 13.3. The lowest BCUT2D eigenvalue weighted by molar-refractivity contribution is -0.116. The number of aryl methyl sites for hydroxylation is 1. The predicted molar refractivity (Wildman–Crippen MR) is 139 cm³/mol. The SMILES string of the molecule is CCCC(=O)Nc1cc(C(=O)NC(C)CCc2ccccc2)ccc1S(=O)(=O)c1ccc(Cl)cc1. The van der Waals surface area contributed by atoms with Gasteiger partial charge in [-0.2, -0.15) is 0 Å². The van der Waals surface area contributed by atoms with E-state index in [0.717, 1.165) is 12.8 Å². The lowest BCUT2D eigenvalue weighted by Crippen LogP contribution is -2.33. The van der Waals surface area contributed by atoms with Gasteiger partial charge in [-0.15, -0.1) is 0 Å². The van der Waals surface area contributed by atoms with Gasteiger partial charge in [0.15, 0.2) is 0 Å². The lowest BCUT2D eigenvalue weighted by Gasteiger charge is -2.16. The van der Waals surface area contributed by atoms with Gasteiger partial charge < -0.3 is 10.6 Å². The molecule has 3 aromatic rings. The van der Waals surface area contributed by atoms with E-state index in [-0.39, 0.29) is 45.3 Å². The van der Waals surface area contributed by atoms with Crippen molar-refractivity contribution >= 4 is 38.9 Å². The van der Waals surface area contributed by atoms with Crippen molar-refractivity contribution in [2.45, 2.75) is 55.4 Å². The quantitative estimate of drug-likeness (QED) is 0.366. The Balaban J connectivity index is 1.84. The van der Waals surface area contributed by atoms with Crippen LogP contribution in [0.15, 0.2) is 82.6 Å². The molecule has 3 rings (SSSR count). The number of carbonyl (C=O) groups is 2. The average Bonchev–Trinajstić information content (AvgIpc) is 2.83. The summed E-state index contributed by atoms with van der Waals surface area (Å²) in [6, 6.07) is 19.9. The first-order valence-electron chi connectivity index (χ1n) is 11.5. The van der Waals surface area contributed by atoms with E-state index < -0.39 is 9.84 Å². The zero-order valence-corrected chi connectivity index (χ0v) is 21.3. The summed E-state index contributed by atoms with van der Waals surface area (Å²) in [6.45, 7) is 3.77. The van der Waals surface area contributed by atoms with Gasteiger partial charge in [0.25, 0.3) is 5.91 Å². The third-order valence-corrected chi connectivity index (χ3v) is 7.57. The van der Waals surface area contributed by atoms with Crippen molar-refractivity contribution in [3.05, 3.63) is 88.9 Å². The molecule has 1 atom stereocenters. The number of hydrogen-bond donors (Lipinski definition) is 2. The van der Waals surface area contributed by atoms with E-state index in [9.17, 15) is 18.0 Å². The minimum absolute atomic E-state index is 0.0413. The zero-order chi connectivity index (χ0) is 25.4. The van der Waals surface area contributed by atoms with Crippen LogP contribution in [-0.4, -0.2) is 26.3 Å². The van der Waals surface area contributed by atoms with E-state index in [4.69, 9.17) is 11.6 Å². The van der Waals surface area contributed by atoms with Crippen molar-refractivity contribution < 1.29 is 18.0 Å². The van der Waals surface area contributed by atoms with Gasteiger partial charge in [0.1, 0.15) is 0 Å². The molecule has 0 heterocycles. The fourth-order valence-electron chi connectivity index (χ4n) is 3.59. The number of amides is 2. The van der Waals surface area contributed by atoms with Crippen LogP contribution in [0.1, 0.15) is 49.0 Å².